The molecule has 0 aliphatic heterocycles. The number of thiophene rings is 1. The minimum atomic E-state index is -0.548. The highest BCUT2D eigenvalue weighted by molar-refractivity contribution is 7.26. The van der Waals surface area contributed by atoms with E-state index in [1.54, 1.807) is 11.3 Å². The minimum Gasteiger partial charge on any atom is -0.226 e. The first-order valence-corrected chi connectivity index (χ1v) is 19.9. The second kappa shape index (κ2) is 13.1. The Labute approximate surface area is 330 Å². The highest BCUT2D eigenvalue weighted by Crippen LogP contribution is 2.58. The van der Waals surface area contributed by atoms with E-state index in [-0.39, 0.29) is 0 Å². The largest absolute Gasteiger partial charge is 0.226 e. The van der Waals surface area contributed by atoms with Crippen LogP contribution >= 0.6 is 11.3 Å². The predicted molar refractivity (Wildman–Crippen MR) is 234 cm³/mol. The summed E-state index contributed by atoms with van der Waals surface area (Å²) in [4.78, 5) is 11.1. The summed E-state index contributed by atoms with van der Waals surface area (Å²) in [5.41, 5.74) is 15.5. The van der Waals surface area contributed by atoms with Crippen LogP contribution in [0.15, 0.2) is 206 Å². The van der Waals surface area contributed by atoms with E-state index >= 15 is 0 Å². The summed E-state index contributed by atoms with van der Waals surface area (Å²) in [6, 6.07) is 74.5. The normalized spacial score (nSPS) is 12.8. The van der Waals surface area contributed by atoms with Gasteiger partial charge in [0.15, 0.2) is 5.82 Å². The smallest absolute Gasteiger partial charge is 0.161 e. The summed E-state index contributed by atoms with van der Waals surface area (Å²) in [6.07, 6.45) is 0. The number of aromatic nitrogens is 2. The molecule has 3 heteroatoms. The quantitative estimate of drug-likeness (QED) is 0.170. The van der Waals surface area contributed by atoms with Crippen molar-refractivity contribution in [3.05, 3.63) is 229 Å². The van der Waals surface area contributed by atoms with E-state index in [0.717, 1.165) is 49.4 Å². The van der Waals surface area contributed by atoms with E-state index in [9.17, 15) is 0 Å². The second-order valence-corrected chi connectivity index (χ2v) is 15.5. The molecule has 1 aliphatic carbocycles. The summed E-state index contributed by atoms with van der Waals surface area (Å²) in [5, 5.41) is 1.15. The van der Waals surface area contributed by atoms with Crippen LogP contribution in [-0.4, -0.2) is 9.97 Å². The van der Waals surface area contributed by atoms with Gasteiger partial charge in [-0.15, -0.1) is 11.3 Å². The lowest BCUT2D eigenvalue weighted by molar-refractivity contribution is 0.768. The highest BCUT2D eigenvalue weighted by atomic mass is 32.1. The molecule has 2 aromatic heterocycles. The van der Waals surface area contributed by atoms with Crippen LogP contribution in [0.25, 0.3) is 76.3 Å². The molecule has 11 rings (SSSR count). The average Bonchev–Trinajstić information content (AvgIpc) is 3.80. The fourth-order valence-electron chi connectivity index (χ4n) is 8.89. The Morgan fingerprint density at radius 2 is 0.929 bits per heavy atom. The molecule has 0 unspecified atom stereocenters. The molecule has 8 aromatic carbocycles. The maximum atomic E-state index is 5.59. The van der Waals surface area contributed by atoms with Gasteiger partial charge in [-0.3, -0.25) is 0 Å². The number of hydrogen-bond acceptors (Lipinski definition) is 3. The first-order chi connectivity index (χ1) is 27.8. The molecule has 0 amide bonds. The number of rotatable bonds is 6. The fourth-order valence-corrected chi connectivity index (χ4v) is 10.0. The van der Waals surface area contributed by atoms with Crippen molar-refractivity contribution in [2.75, 3.05) is 0 Å². The molecular formula is C53H34N2S. The molecule has 2 nitrogen and oxygen atoms in total. The zero-order valence-electron chi connectivity index (χ0n) is 30.4. The van der Waals surface area contributed by atoms with Gasteiger partial charge in [0.2, 0.25) is 0 Å². The molecule has 0 radical (unpaired) electrons. The van der Waals surface area contributed by atoms with Crippen LogP contribution < -0.4 is 0 Å². The third-order valence-corrected chi connectivity index (χ3v) is 12.6. The Kier molecular flexibility index (Phi) is 7.61. The van der Waals surface area contributed by atoms with Crippen LogP contribution in [-0.2, 0) is 5.41 Å². The Morgan fingerprint density at radius 1 is 0.375 bits per heavy atom. The van der Waals surface area contributed by atoms with Gasteiger partial charge in [0.1, 0.15) is 0 Å². The number of fused-ring (bicyclic) bond motifs is 6. The zero-order chi connectivity index (χ0) is 37.1. The standard InChI is InChI=1S/C53H34N2S/c1-5-17-35(18-6-1)36-29-31-38(32-30-36)49-51-50(42-26-14-16-28-48(42)56-51)55-52(54-49)45-34-47-44(33-43(45)37-19-7-2-8-20-37)41-25-13-15-27-46(41)53(47,39-21-9-3-10-22-39)40-23-11-4-12-24-40/h1-34H. The molecule has 0 N–H and O–H groups in total. The van der Waals surface area contributed by atoms with Gasteiger partial charge in [0, 0.05) is 21.2 Å². The average molecular weight is 731 g/mol. The van der Waals surface area contributed by atoms with Crippen molar-refractivity contribution in [1.82, 2.24) is 9.97 Å². The Morgan fingerprint density at radius 3 is 1.62 bits per heavy atom. The molecule has 0 spiro atoms. The molecule has 0 saturated heterocycles. The highest BCUT2D eigenvalue weighted by Gasteiger charge is 2.46. The monoisotopic (exact) mass is 730 g/mol. The first-order valence-electron chi connectivity index (χ1n) is 19.1. The van der Waals surface area contributed by atoms with E-state index in [0.29, 0.717) is 0 Å². The van der Waals surface area contributed by atoms with Crippen molar-refractivity contribution in [2.45, 2.75) is 5.41 Å². The van der Waals surface area contributed by atoms with Crippen molar-refractivity contribution < 1.29 is 0 Å². The van der Waals surface area contributed by atoms with Crippen molar-refractivity contribution in [1.29, 1.82) is 0 Å². The SMILES string of the molecule is c1ccc(-c2ccc(-c3nc(-c4cc5c(cc4-c4ccccc4)-c4ccccc4C5(c4ccccc4)c4ccccc4)nc4c3sc3ccccc34)cc2)cc1. The van der Waals surface area contributed by atoms with Gasteiger partial charge in [0.25, 0.3) is 0 Å². The number of benzene rings is 8. The maximum Gasteiger partial charge on any atom is 0.161 e. The lowest BCUT2D eigenvalue weighted by atomic mass is 9.67. The second-order valence-electron chi connectivity index (χ2n) is 14.5. The van der Waals surface area contributed by atoms with Gasteiger partial charge >= 0.3 is 0 Å². The van der Waals surface area contributed by atoms with Crippen molar-refractivity contribution >= 4 is 31.6 Å². The van der Waals surface area contributed by atoms with Gasteiger partial charge < -0.3 is 0 Å². The van der Waals surface area contributed by atoms with E-state index in [2.05, 4.69) is 206 Å². The minimum absolute atomic E-state index is 0.548. The molecule has 0 fully saturated rings. The van der Waals surface area contributed by atoms with Crippen molar-refractivity contribution in [3.8, 4) is 56.0 Å². The molecule has 2 heterocycles. The molecule has 0 bridgehead atoms. The summed E-state index contributed by atoms with van der Waals surface area (Å²) in [5.74, 6) is 0.718. The molecule has 56 heavy (non-hydrogen) atoms. The van der Waals surface area contributed by atoms with E-state index in [4.69, 9.17) is 9.97 Å². The number of nitrogens with zero attached hydrogens (tertiary/aromatic N) is 2. The zero-order valence-corrected chi connectivity index (χ0v) is 31.2. The Balaban J connectivity index is 1.23. The molecule has 0 atom stereocenters. The summed E-state index contributed by atoms with van der Waals surface area (Å²) in [6.45, 7) is 0. The first kappa shape index (κ1) is 32.5. The van der Waals surface area contributed by atoms with Gasteiger partial charge in [0.05, 0.1) is 21.3 Å². The molecule has 0 saturated carbocycles. The molecular weight excluding hydrogens is 697 g/mol. The van der Waals surface area contributed by atoms with Crippen molar-refractivity contribution in [2.24, 2.45) is 0 Å². The van der Waals surface area contributed by atoms with E-state index in [1.807, 2.05) is 0 Å². The molecule has 1 aliphatic rings. The summed E-state index contributed by atoms with van der Waals surface area (Å²) < 4.78 is 2.30. The van der Waals surface area contributed by atoms with Gasteiger partial charge in [-0.2, -0.15) is 0 Å². The summed E-state index contributed by atoms with van der Waals surface area (Å²) in [7, 11) is 0. The third-order valence-electron chi connectivity index (χ3n) is 11.4. The molecule has 262 valence electrons. The topological polar surface area (TPSA) is 25.8 Å². The van der Waals surface area contributed by atoms with Gasteiger partial charge in [-0.1, -0.05) is 188 Å². The van der Waals surface area contributed by atoms with Crippen molar-refractivity contribution in [3.63, 3.8) is 0 Å². The van der Waals surface area contributed by atoms with Crippen LogP contribution in [0.5, 0.6) is 0 Å². The van der Waals surface area contributed by atoms with E-state index < -0.39 is 5.41 Å². The Bertz CT molecular complexity index is 3000. The summed E-state index contributed by atoms with van der Waals surface area (Å²) >= 11 is 1.77. The third kappa shape index (κ3) is 5.02. The Hall–Kier alpha value is -6.94. The van der Waals surface area contributed by atoms with Crippen LogP contribution in [0.3, 0.4) is 0 Å². The maximum absolute atomic E-state index is 5.59. The van der Waals surface area contributed by atoms with Crippen LogP contribution in [0.2, 0.25) is 0 Å². The van der Waals surface area contributed by atoms with E-state index in [1.165, 1.54) is 49.2 Å². The number of hydrogen-bond donors (Lipinski definition) is 0. The van der Waals surface area contributed by atoms with Gasteiger partial charge in [-0.05, 0) is 73.8 Å². The predicted octanol–water partition coefficient (Wildman–Crippen LogP) is 13.9. The lowest BCUT2D eigenvalue weighted by Gasteiger charge is -2.34. The van der Waals surface area contributed by atoms with Crippen LogP contribution in [0.1, 0.15) is 22.3 Å². The van der Waals surface area contributed by atoms with Gasteiger partial charge in [-0.25, -0.2) is 9.97 Å². The van der Waals surface area contributed by atoms with Crippen LogP contribution in [0, 0.1) is 0 Å². The fraction of sp³-hybridized carbons (Fsp3) is 0.0189. The molecule has 10 aromatic rings. The van der Waals surface area contributed by atoms with Crippen LogP contribution in [0.4, 0.5) is 0 Å². The lowest BCUT2D eigenvalue weighted by Crippen LogP contribution is -2.28.